The van der Waals surface area contributed by atoms with Crippen molar-refractivity contribution in [2.45, 2.75) is 70.6 Å². The van der Waals surface area contributed by atoms with Crippen LogP contribution in [0.2, 0.25) is 0 Å². The van der Waals surface area contributed by atoms with Crippen molar-refractivity contribution >= 4 is 5.91 Å². The third kappa shape index (κ3) is 5.81. The number of likely N-dealkylation sites (tertiary alicyclic amines) is 1. The number of rotatable bonds is 11. The Balaban J connectivity index is 1.43. The molecule has 0 aromatic heterocycles. The van der Waals surface area contributed by atoms with E-state index in [4.69, 9.17) is 19.0 Å². The summed E-state index contributed by atoms with van der Waals surface area (Å²) in [6, 6.07) is 6.96. The zero-order valence-corrected chi connectivity index (χ0v) is 19.6. The normalized spacial score (nSPS) is 23.4. The first-order valence-electron chi connectivity index (χ1n) is 12.3. The zero-order chi connectivity index (χ0) is 22.3. The van der Waals surface area contributed by atoms with Crippen LogP contribution in [0.3, 0.4) is 0 Å². The molecule has 0 saturated carbocycles. The van der Waals surface area contributed by atoms with Crippen molar-refractivity contribution in [2.24, 2.45) is 0 Å². The van der Waals surface area contributed by atoms with Gasteiger partial charge in [-0.05, 0) is 55.2 Å². The first-order valence-corrected chi connectivity index (χ1v) is 12.3. The molecule has 3 heterocycles. The number of fused-ring (bicyclic) bond motifs is 1. The van der Waals surface area contributed by atoms with Crippen LogP contribution in [-0.2, 0) is 25.5 Å². The van der Waals surface area contributed by atoms with Crippen molar-refractivity contribution in [3.63, 3.8) is 0 Å². The largest absolute Gasteiger partial charge is 0.493 e. The average Bonchev–Trinajstić information content (AvgIpc) is 3.55. The quantitative estimate of drug-likeness (QED) is 0.485. The molecule has 2 saturated heterocycles. The molecule has 7 heteroatoms. The third-order valence-corrected chi connectivity index (χ3v) is 6.63. The first-order chi connectivity index (χ1) is 15.7. The van der Waals surface area contributed by atoms with Crippen molar-refractivity contribution in [3.8, 4) is 5.75 Å². The van der Waals surface area contributed by atoms with Crippen LogP contribution in [0.5, 0.6) is 5.75 Å². The molecule has 7 nitrogen and oxygen atoms in total. The molecule has 4 rings (SSSR count). The lowest BCUT2D eigenvalue weighted by Gasteiger charge is -2.28. The van der Waals surface area contributed by atoms with Crippen molar-refractivity contribution in [3.05, 3.63) is 29.3 Å². The lowest BCUT2D eigenvalue weighted by atomic mass is 9.93. The van der Waals surface area contributed by atoms with E-state index in [1.807, 2.05) is 0 Å². The number of hydrogen-bond acceptors (Lipinski definition) is 6. The smallest absolute Gasteiger partial charge is 0.260 e. The Morgan fingerprint density at radius 1 is 1.16 bits per heavy atom. The molecule has 3 aliphatic heterocycles. The van der Waals surface area contributed by atoms with Gasteiger partial charge in [-0.25, -0.2) is 5.06 Å². The van der Waals surface area contributed by atoms with Gasteiger partial charge in [0.2, 0.25) is 0 Å². The van der Waals surface area contributed by atoms with Gasteiger partial charge in [-0.15, -0.1) is 0 Å². The van der Waals surface area contributed by atoms with Crippen LogP contribution in [-0.4, -0.2) is 74.3 Å². The molecule has 1 unspecified atom stereocenters. The molecule has 2 atom stereocenters. The molecular weight excluding hydrogens is 408 g/mol. The fourth-order valence-corrected chi connectivity index (χ4v) is 5.00. The minimum atomic E-state index is -0.103. The summed E-state index contributed by atoms with van der Waals surface area (Å²) < 4.78 is 17.0. The molecule has 0 aliphatic carbocycles. The highest BCUT2D eigenvalue weighted by molar-refractivity contribution is 5.77. The zero-order valence-electron chi connectivity index (χ0n) is 19.6. The van der Waals surface area contributed by atoms with Crippen molar-refractivity contribution in [1.82, 2.24) is 9.96 Å². The summed E-state index contributed by atoms with van der Waals surface area (Å²) in [5, 5.41) is 1.57. The summed E-state index contributed by atoms with van der Waals surface area (Å²) in [5.74, 6) is 1.50. The Kier molecular flexibility index (Phi) is 8.41. The second-order valence-electron chi connectivity index (χ2n) is 9.06. The Morgan fingerprint density at radius 3 is 2.78 bits per heavy atom. The average molecular weight is 447 g/mol. The van der Waals surface area contributed by atoms with Crippen LogP contribution in [0, 0.1) is 0 Å². The summed E-state index contributed by atoms with van der Waals surface area (Å²) in [5.41, 5.74) is 2.67. The highest BCUT2D eigenvalue weighted by atomic mass is 16.7. The number of ether oxygens (including phenoxy) is 3. The molecular formula is C25H38N2O5. The maximum absolute atomic E-state index is 13.1. The van der Waals surface area contributed by atoms with Gasteiger partial charge in [-0.3, -0.25) is 14.5 Å². The molecule has 0 radical (unpaired) electrons. The minimum Gasteiger partial charge on any atom is -0.493 e. The second-order valence-corrected chi connectivity index (χ2v) is 9.06. The Labute approximate surface area is 191 Å². The van der Waals surface area contributed by atoms with Crippen LogP contribution in [0.4, 0.5) is 0 Å². The van der Waals surface area contributed by atoms with E-state index in [1.54, 1.807) is 5.06 Å². The van der Waals surface area contributed by atoms with Crippen molar-refractivity contribution in [2.75, 3.05) is 46.1 Å². The predicted octanol–water partition coefficient (Wildman–Crippen LogP) is 3.51. The molecule has 32 heavy (non-hydrogen) atoms. The van der Waals surface area contributed by atoms with Crippen LogP contribution >= 0.6 is 0 Å². The van der Waals surface area contributed by atoms with Gasteiger partial charge in [0.15, 0.2) is 6.29 Å². The second kappa shape index (κ2) is 11.5. The van der Waals surface area contributed by atoms with Gasteiger partial charge in [0, 0.05) is 25.6 Å². The van der Waals surface area contributed by atoms with E-state index in [9.17, 15) is 4.79 Å². The molecule has 1 aromatic carbocycles. The van der Waals surface area contributed by atoms with E-state index >= 15 is 0 Å². The predicted molar refractivity (Wildman–Crippen MR) is 122 cm³/mol. The summed E-state index contributed by atoms with van der Waals surface area (Å²) in [6.07, 6.45) is 5.53. The van der Waals surface area contributed by atoms with E-state index in [-0.39, 0.29) is 12.2 Å². The SMILES string of the molecule is CCCON(CCC)C(=O)CN1CC(c2ccc3c(c2)CCO3)C[C@@H]1CCC1OCCO1. The van der Waals surface area contributed by atoms with Gasteiger partial charge in [0.1, 0.15) is 5.75 Å². The highest BCUT2D eigenvalue weighted by Crippen LogP contribution is 2.37. The van der Waals surface area contributed by atoms with Gasteiger partial charge in [0.25, 0.3) is 5.91 Å². The number of amides is 1. The van der Waals surface area contributed by atoms with E-state index in [1.165, 1.54) is 11.1 Å². The molecule has 1 aromatic rings. The Bertz CT molecular complexity index is 752. The number of nitrogens with zero attached hydrogens (tertiary/aromatic N) is 2. The topological polar surface area (TPSA) is 60.5 Å². The third-order valence-electron chi connectivity index (χ3n) is 6.63. The number of carbonyl (C=O) groups is 1. The molecule has 0 N–H and O–H groups in total. The molecule has 178 valence electrons. The van der Waals surface area contributed by atoms with E-state index < -0.39 is 0 Å². The minimum absolute atomic E-state index is 0.0571. The fourth-order valence-electron chi connectivity index (χ4n) is 5.00. The summed E-state index contributed by atoms with van der Waals surface area (Å²) in [4.78, 5) is 21.2. The molecule has 1 amide bonds. The lowest BCUT2D eigenvalue weighted by Crippen LogP contribution is -2.43. The Hall–Kier alpha value is -1.67. The maximum atomic E-state index is 13.1. The molecule has 3 aliphatic rings. The first kappa shape index (κ1) is 23.5. The maximum Gasteiger partial charge on any atom is 0.260 e. The summed E-state index contributed by atoms with van der Waals surface area (Å²) >= 11 is 0. The Morgan fingerprint density at radius 2 is 2.00 bits per heavy atom. The van der Waals surface area contributed by atoms with Crippen LogP contribution in [0.25, 0.3) is 0 Å². The summed E-state index contributed by atoms with van der Waals surface area (Å²) in [7, 11) is 0. The molecule has 0 spiro atoms. The monoisotopic (exact) mass is 446 g/mol. The highest BCUT2D eigenvalue weighted by Gasteiger charge is 2.36. The van der Waals surface area contributed by atoms with Crippen LogP contribution in [0.15, 0.2) is 18.2 Å². The van der Waals surface area contributed by atoms with Gasteiger partial charge in [-0.2, -0.15) is 0 Å². The standard InChI is InChI=1S/C25H38N2O5/c1-3-10-27(32-11-4-2)24(28)18-26-17-21(16-22(26)6-8-25-30-13-14-31-25)19-5-7-23-20(15-19)9-12-29-23/h5,7,15,21-22,25H,3-4,6,8-14,16-18H2,1-2H3/t21?,22-/m0/s1. The van der Waals surface area contributed by atoms with Crippen molar-refractivity contribution < 1.29 is 23.8 Å². The van der Waals surface area contributed by atoms with Crippen LogP contribution < -0.4 is 4.74 Å². The number of hydrogen-bond donors (Lipinski definition) is 0. The number of hydroxylamine groups is 2. The van der Waals surface area contributed by atoms with Crippen LogP contribution in [0.1, 0.15) is 63.0 Å². The van der Waals surface area contributed by atoms with E-state index in [0.717, 1.165) is 57.4 Å². The fraction of sp³-hybridized carbons (Fsp3) is 0.720. The van der Waals surface area contributed by atoms with E-state index in [2.05, 4.69) is 36.9 Å². The molecule has 2 fully saturated rings. The number of benzene rings is 1. The van der Waals surface area contributed by atoms with Gasteiger partial charge >= 0.3 is 0 Å². The lowest BCUT2D eigenvalue weighted by molar-refractivity contribution is -0.188. The van der Waals surface area contributed by atoms with Gasteiger partial charge in [-0.1, -0.05) is 26.0 Å². The van der Waals surface area contributed by atoms with E-state index in [0.29, 0.717) is 44.9 Å². The van der Waals surface area contributed by atoms with Gasteiger partial charge < -0.3 is 14.2 Å². The molecule has 0 bridgehead atoms. The van der Waals surface area contributed by atoms with Gasteiger partial charge in [0.05, 0.1) is 33.0 Å². The summed E-state index contributed by atoms with van der Waals surface area (Å²) in [6.45, 7) is 8.76. The number of carbonyl (C=O) groups excluding carboxylic acids is 1. The van der Waals surface area contributed by atoms with Crippen molar-refractivity contribution in [1.29, 1.82) is 0 Å².